The van der Waals surface area contributed by atoms with Gasteiger partial charge in [-0.05, 0) is 6.92 Å². The van der Waals surface area contributed by atoms with Crippen molar-refractivity contribution < 1.29 is 4.84 Å². The van der Waals surface area contributed by atoms with Crippen molar-refractivity contribution in [2.75, 3.05) is 13.2 Å². The first-order chi connectivity index (χ1) is 4.41. The van der Waals surface area contributed by atoms with E-state index in [2.05, 4.69) is 21.8 Å². The standard InChI is InChI=1S/C6H10N2O/c1-2-3-6-9-8-5-4-7/h5H,4,6-7H2,1H3/b8-5+. The molecule has 0 saturated carbocycles. The summed E-state index contributed by atoms with van der Waals surface area (Å²) in [7, 11) is 0. The van der Waals surface area contributed by atoms with Gasteiger partial charge in [-0.3, -0.25) is 0 Å². The molecule has 0 aromatic carbocycles. The molecule has 0 saturated heterocycles. The summed E-state index contributed by atoms with van der Waals surface area (Å²) in [4.78, 5) is 4.63. The molecule has 0 spiro atoms. The molecule has 9 heavy (non-hydrogen) atoms. The second-order valence-corrected chi connectivity index (χ2v) is 1.22. The number of nitrogens with two attached hydrogens (primary N) is 1. The SMILES string of the molecule is CC#CCO/N=C/CN. The molecule has 3 nitrogen and oxygen atoms in total. The van der Waals surface area contributed by atoms with Gasteiger partial charge in [0.15, 0.2) is 6.61 Å². The lowest BCUT2D eigenvalue weighted by atomic mass is 10.6. The predicted molar refractivity (Wildman–Crippen MR) is 36.9 cm³/mol. The van der Waals surface area contributed by atoms with E-state index >= 15 is 0 Å². The Morgan fingerprint density at radius 1 is 1.78 bits per heavy atom. The van der Waals surface area contributed by atoms with Gasteiger partial charge in [-0.1, -0.05) is 11.1 Å². The van der Waals surface area contributed by atoms with Crippen LogP contribution >= 0.6 is 0 Å². The van der Waals surface area contributed by atoms with E-state index < -0.39 is 0 Å². The zero-order valence-electron chi connectivity index (χ0n) is 5.42. The van der Waals surface area contributed by atoms with Crippen molar-refractivity contribution in [1.82, 2.24) is 0 Å². The molecular formula is C6H10N2O. The Labute approximate surface area is 54.9 Å². The minimum atomic E-state index is 0.340. The minimum absolute atomic E-state index is 0.340. The Morgan fingerprint density at radius 2 is 2.56 bits per heavy atom. The van der Waals surface area contributed by atoms with Gasteiger partial charge >= 0.3 is 0 Å². The fourth-order valence-electron chi connectivity index (χ4n) is 0.237. The second kappa shape index (κ2) is 6.99. The molecule has 3 heteroatoms. The Bertz CT molecular complexity index is 132. The lowest BCUT2D eigenvalue weighted by Gasteiger charge is -1.86. The molecule has 0 fully saturated rings. The van der Waals surface area contributed by atoms with Gasteiger partial charge in [0.25, 0.3) is 0 Å². The lowest BCUT2D eigenvalue weighted by Crippen LogP contribution is -1.99. The van der Waals surface area contributed by atoms with E-state index in [1.54, 1.807) is 6.92 Å². The Balaban J connectivity index is 3.06. The van der Waals surface area contributed by atoms with E-state index in [0.29, 0.717) is 13.2 Å². The van der Waals surface area contributed by atoms with Crippen LogP contribution in [0.3, 0.4) is 0 Å². The maximum atomic E-state index is 5.08. The van der Waals surface area contributed by atoms with Crippen molar-refractivity contribution in [2.45, 2.75) is 6.92 Å². The third-order valence-electron chi connectivity index (χ3n) is 0.568. The van der Waals surface area contributed by atoms with E-state index in [1.807, 2.05) is 0 Å². The Kier molecular flexibility index (Phi) is 6.21. The van der Waals surface area contributed by atoms with Crippen LogP contribution in [0.2, 0.25) is 0 Å². The van der Waals surface area contributed by atoms with E-state index in [1.165, 1.54) is 6.21 Å². The van der Waals surface area contributed by atoms with Gasteiger partial charge in [0.05, 0.1) is 6.21 Å². The molecule has 0 atom stereocenters. The number of rotatable bonds is 3. The van der Waals surface area contributed by atoms with E-state index in [0.717, 1.165) is 0 Å². The van der Waals surface area contributed by atoms with Crippen LogP contribution in [0.5, 0.6) is 0 Å². The summed E-state index contributed by atoms with van der Waals surface area (Å²) in [5.74, 6) is 5.34. The third kappa shape index (κ3) is 6.99. The smallest absolute Gasteiger partial charge is 0.177 e. The molecule has 0 aliphatic rings. The summed E-state index contributed by atoms with van der Waals surface area (Å²) < 4.78 is 0. The molecular weight excluding hydrogens is 116 g/mol. The zero-order chi connectivity index (χ0) is 6.95. The third-order valence-corrected chi connectivity index (χ3v) is 0.568. The highest BCUT2D eigenvalue weighted by atomic mass is 16.6. The first-order valence-electron chi connectivity index (χ1n) is 2.65. The summed E-state index contributed by atoms with van der Waals surface area (Å²) in [5.41, 5.74) is 5.08. The van der Waals surface area contributed by atoms with Crippen molar-refractivity contribution >= 4 is 6.21 Å². The summed E-state index contributed by atoms with van der Waals surface area (Å²) in [6.45, 7) is 2.49. The molecule has 0 radical (unpaired) electrons. The summed E-state index contributed by atoms with van der Waals surface area (Å²) in [5, 5.41) is 3.47. The van der Waals surface area contributed by atoms with E-state index in [-0.39, 0.29) is 0 Å². The fraction of sp³-hybridized carbons (Fsp3) is 0.500. The maximum Gasteiger partial charge on any atom is 0.177 e. The molecule has 0 bridgehead atoms. The monoisotopic (exact) mass is 126 g/mol. The number of oxime groups is 1. The van der Waals surface area contributed by atoms with Crippen LogP contribution in [0.4, 0.5) is 0 Å². The Morgan fingerprint density at radius 3 is 3.11 bits per heavy atom. The van der Waals surface area contributed by atoms with Gasteiger partial charge in [0.1, 0.15) is 0 Å². The Hall–Kier alpha value is -1.01. The highest BCUT2D eigenvalue weighted by Gasteiger charge is 1.70. The fourth-order valence-corrected chi connectivity index (χ4v) is 0.237. The average Bonchev–Trinajstić information content (AvgIpc) is 1.89. The molecule has 0 rings (SSSR count). The van der Waals surface area contributed by atoms with Crippen molar-refractivity contribution in [1.29, 1.82) is 0 Å². The molecule has 2 N–H and O–H groups in total. The first-order valence-corrected chi connectivity index (χ1v) is 2.65. The van der Waals surface area contributed by atoms with Gasteiger partial charge < -0.3 is 10.6 Å². The first kappa shape index (κ1) is 7.99. The van der Waals surface area contributed by atoms with Crippen LogP contribution in [0.1, 0.15) is 6.92 Å². The number of hydrogen-bond donors (Lipinski definition) is 1. The van der Waals surface area contributed by atoms with E-state index in [4.69, 9.17) is 5.73 Å². The maximum absolute atomic E-state index is 5.08. The number of hydrogen-bond acceptors (Lipinski definition) is 3. The molecule has 0 aliphatic heterocycles. The van der Waals surface area contributed by atoms with Crippen molar-refractivity contribution in [3.63, 3.8) is 0 Å². The lowest BCUT2D eigenvalue weighted by molar-refractivity contribution is 0.181. The van der Waals surface area contributed by atoms with Crippen molar-refractivity contribution in [3.8, 4) is 11.8 Å². The molecule has 50 valence electrons. The molecule has 0 aromatic heterocycles. The predicted octanol–water partition coefficient (Wildman–Crippen LogP) is -0.0292. The van der Waals surface area contributed by atoms with Crippen LogP contribution < -0.4 is 5.73 Å². The van der Waals surface area contributed by atoms with Crippen molar-refractivity contribution in [3.05, 3.63) is 0 Å². The summed E-state index contributed by atoms with van der Waals surface area (Å²) in [6, 6.07) is 0. The molecule has 0 unspecified atom stereocenters. The topological polar surface area (TPSA) is 47.6 Å². The highest BCUT2D eigenvalue weighted by molar-refractivity contribution is 5.58. The van der Waals surface area contributed by atoms with Gasteiger partial charge in [-0.2, -0.15) is 0 Å². The highest BCUT2D eigenvalue weighted by Crippen LogP contribution is 1.69. The molecule has 0 amide bonds. The molecule has 0 aromatic rings. The second-order valence-electron chi connectivity index (χ2n) is 1.22. The van der Waals surface area contributed by atoms with Gasteiger partial charge in [-0.15, -0.1) is 5.92 Å². The van der Waals surface area contributed by atoms with Crippen molar-refractivity contribution in [2.24, 2.45) is 10.9 Å². The van der Waals surface area contributed by atoms with Crippen LogP contribution in [0, 0.1) is 11.8 Å². The minimum Gasteiger partial charge on any atom is -0.383 e. The summed E-state index contributed by atoms with van der Waals surface area (Å²) in [6.07, 6.45) is 1.48. The van der Waals surface area contributed by atoms with Gasteiger partial charge in [0.2, 0.25) is 0 Å². The molecule has 0 heterocycles. The van der Waals surface area contributed by atoms with Crippen LogP contribution in [0.15, 0.2) is 5.16 Å². The van der Waals surface area contributed by atoms with E-state index in [9.17, 15) is 0 Å². The normalized spacial score (nSPS) is 8.67. The largest absolute Gasteiger partial charge is 0.383 e. The quantitative estimate of drug-likeness (QED) is 0.250. The number of nitrogens with zero attached hydrogens (tertiary/aromatic N) is 1. The van der Waals surface area contributed by atoms with Crippen LogP contribution in [0.25, 0.3) is 0 Å². The summed E-state index contributed by atoms with van der Waals surface area (Å²) >= 11 is 0. The zero-order valence-corrected chi connectivity index (χ0v) is 5.42. The van der Waals surface area contributed by atoms with Crippen LogP contribution in [-0.4, -0.2) is 19.4 Å². The van der Waals surface area contributed by atoms with Gasteiger partial charge in [0, 0.05) is 6.54 Å². The van der Waals surface area contributed by atoms with Gasteiger partial charge in [-0.25, -0.2) is 0 Å². The molecule has 0 aliphatic carbocycles. The average molecular weight is 126 g/mol. The van der Waals surface area contributed by atoms with Crippen LogP contribution in [-0.2, 0) is 4.84 Å².